The van der Waals surface area contributed by atoms with Crippen LogP contribution in [0.2, 0.25) is 5.02 Å². The monoisotopic (exact) mass is 262 g/mol. The van der Waals surface area contributed by atoms with Gasteiger partial charge in [-0.1, -0.05) is 17.7 Å². The van der Waals surface area contributed by atoms with Crippen molar-refractivity contribution in [2.75, 3.05) is 11.9 Å². The third-order valence-corrected chi connectivity index (χ3v) is 2.78. The Morgan fingerprint density at radius 1 is 1.29 bits per heavy atom. The molecule has 1 aromatic carbocycles. The normalized spacial score (nSPS) is 15.9. The molecule has 1 N–H and O–H groups in total. The first kappa shape index (κ1) is 12.2. The van der Waals surface area contributed by atoms with Gasteiger partial charge in [0.15, 0.2) is 0 Å². The largest absolute Gasteiger partial charge is 0.418 e. The quantitative estimate of drug-likeness (QED) is 0.814. The van der Waals surface area contributed by atoms with Crippen molar-refractivity contribution in [3.63, 3.8) is 0 Å². The Balaban J connectivity index is 2.37. The van der Waals surface area contributed by atoms with Gasteiger partial charge >= 0.3 is 6.18 Å². The maximum absolute atomic E-state index is 12.8. The van der Waals surface area contributed by atoms with Crippen LogP contribution in [-0.2, 0) is 6.18 Å². The van der Waals surface area contributed by atoms with Gasteiger partial charge in [-0.25, -0.2) is 0 Å². The Morgan fingerprint density at radius 2 is 2.06 bits per heavy atom. The second-order valence-corrected chi connectivity index (χ2v) is 4.12. The molecule has 0 atom stereocenters. The first-order valence-corrected chi connectivity index (χ1v) is 5.52. The number of aliphatic imine (C=N–C) groups is 1. The molecule has 2 rings (SSSR count). The Morgan fingerprint density at radius 3 is 2.65 bits per heavy atom. The summed E-state index contributed by atoms with van der Waals surface area (Å²) in [7, 11) is 0. The van der Waals surface area contributed by atoms with Gasteiger partial charge in [0.25, 0.3) is 0 Å². The molecule has 1 aromatic rings. The van der Waals surface area contributed by atoms with Crippen molar-refractivity contribution in [2.45, 2.75) is 19.0 Å². The van der Waals surface area contributed by atoms with Gasteiger partial charge in [0, 0.05) is 13.0 Å². The molecule has 0 aromatic heterocycles. The molecule has 0 aliphatic carbocycles. The Hall–Kier alpha value is -1.23. The zero-order valence-electron chi connectivity index (χ0n) is 8.81. The van der Waals surface area contributed by atoms with E-state index in [1.165, 1.54) is 12.1 Å². The summed E-state index contributed by atoms with van der Waals surface area (Å²) in [5.74, 6) is 0.559. The van der Waals surface area contributed by atoms with E-state index >= 15 is 0 Å². The SMILES string of the molecule is FC(F)(F)c1cccc(Cl)c1NC1=NCCC1. The second-order valence-electron chi connectivity index (χ2n) is 3.72. The molecular weight excluding hydrogens is 253 g/mol. The number of halogens is 4. The number of hydrogen-bond acceptors (Lipinski definition) is 2. The third-order valence-electron chi connectivity index (χ3n) is 2.46. The fraction of sp³-hybridized carbons (Fsp3) is 0.364. The maximum atomic E-state index is 12.8. The van der Waals surface area contributed by atoms with E-state index in [-0.39, 0.29) is 10.7 Å². The summed E-state index contributed by atoms with van der Waals surface area (Å²) in [6.45, 7) is 0.647. The van der Waals surface area contributed by atoms with E-state index in [1.807, 2.05) is 0 Å². The molecule has 0 radical (unpaired) electrons. The van der Waals surface area contributed by atoms with Gasteiger partial charge in [-0.2, -0.15) is 13.2 Å². The number of anilines is 1. The summed E-state index contributed by atoms with van der Waals surface area (Å²) in [5, 5.41) is 2.73. The number of para-hydroxylation sites is 1. The van der Waals surface area contributed by atoms with Crippen molar-refractivity contribution in [3.05, 3.63) is 28.8 Å². The summed E-state index contributed by atoms with van der Waals surface area (Å²) in [6, 6.07) is 3.71. The molecule has 1 heterocycles. The van der Waals surface area contributed by atoms with Gasteiger partial charge < -0.3 is 5.32 Å². The van der Waals surface area contributed by atoms with Crippen LogP contribution < -0.4 is 5.32 Å². The number of alkyl halides is 3. The predicted molar refractivity (Wildman–Crippen MR) is 61.6 cm³/mol. The standard InChI is InChI=1S/C11H10ClF3N2/c12-8-4-1-3-7(11(13,14)15)10(8)17-9-5-2-6-16-9/h1,3-4H,2,5-6H2,(H,16,17). The van der Waals surface area contributed by atoms with E-state index in [2.05, 4.69) is 10.3 Å². The average Bonchev–Trinajstić information content (AvgIpc) is 2.72. The topological polar surface area (TPSA) is 24.4 Å². The van der Waals surface area contributed by atoms with E-state index in [1.54, 1.807) is 0 Å². The summed E-state index contributed by atoms with van der Waals surface area (Å²) in [6.07, 6.45) is -2.91. The first-order valence-electron chi connectivity index (χ1n) is 5.14. The van der Waals surface area contributed by atoms with E-state index in [0.717, 1.165) is 12.5 Å². The lowest BCUT2D eigenvalue weighted by Crippen LogP contribution is -2.15. The zero-order valence-corrected chi connectivity index (χ0v) is 9.57. The molecule has 0 fully saturated rings. The van der Waals surface area contributed by atoms with Crippen LogP contribution in [0.15, 0.2) is 23.2 Å². The molecule has 0 saturated carbocycles. The van der Waals surface area contributed by atoms with Crippen molar-refractivity contribution in [2.24, 2.45) is 4.99 Å². The highest BCUT2D eigenvalue weighted by Gasteiger charge is 2.34. The number of rotatable bonds is 1. The van der Waals surface area contributed by atoms with Crippen LogP contribution in [0.5, 0.6) is 0 Å². The van der Waals surface area contributed by atoms with E-state index in [0.29, 0.717) is 18.8 Å². The van der Waals surface area contributed by atoms with Crippen LogP contribution in [-0.4, -0.2) is 12.4 Å². The van der Waals surface area contributed by atoms with Gasteiger partial charge in [0.05, 0.1) is 16.3 Å². The van der Waals surface area contributed by atoms with Crippen molar-refractivity contribution in [1.29, 1.82) is 0 Å². The minimum absolute atomic E-state index is 0.0504. The minimum atomic E-state index is -4.42. The highest BCUT2D eigenvalue weighted by molar-refractivity contribution is 6.34. The lowest BCUT2D eigenvalue weighted by molar-refractivity contribution is -0.136. The van der Waals surface area contributed by atoms with Crippen LogP contribution in [0.1, 0.15) is 18.4 Å². The van der Waals surface area contributed by atoms with Crippen LogP contribution >= 0.6 is 11.6 Å². The molecule has 0 amide bonds. The summed E-state index contributed by atoms with van der Waals surface area (Å²) in [4.78, 5) is 4.07. The van der Waals surface area contributed by atoms with Crippen LogP contribution in [0.4, 0.5) is 18.9 Å². The summed E-state index contributed by atoms with van der Waals surface area (Å²) < 4.78 is 38.3. The van der Waals surface area contributed by atoms with E-state index in [4.69, 9.17) is 11.6 Å². The van der Waals surface area contributed by atoms with Gasteiger partial charge in [-0.15, -0.1) is 0 Å². The Bertz CT molecular complexity index is 455. The van der Waals surface area contributed by atoms with Crippen LogP contribution in [0.25, 0.3) is 0 Å². The number of benzene rings is 1. The molecule has 0 bridgehead atoms. The summed E-state index contributed by atoms with van der Waals surface area (Å²) in [5.41, 5.74) is -0.873. The second kappa shape index (κ2) is 4.56. The van der Waals surface area contributed by atoms with Gasteiger partial charge in [0.2, 0.25) is 0 Å². The molecule has 0 spiro atoms. The molecule has 6 heteroatoms. The maximum Gasteiger partial charge on any atom is 0.418 e. The first-order chi connectivity index (χ1) is 7.98. The number of hydrogen-bond donors (Lipinski definition) is 1. The number of amidine groups is 1. The molecule has 92 valence electrons. The fourth-order valence-corrected chi connectivity index (χ4v) is 1.90. The summed E-state index contributed by atoms with van der Waals surface area (Å²) >= 11 is 5.80. The van der Waals surface area contributed by atoms with Crippen LogP contribution in [0, 0.1) is 0 Å². The van der Waals surface area contributed by atoms with Crippen LogP contribution in [0.3, 0.4) is 0 Å². The van der Waals surface area contributed by atoms with E-state index < -0.39 is 11.7 Å². The third kappa shape index (κ3) is 2.72. The molecule has 1 aliphatic rings. The van der Waals surface area contributed by atoms with Gasteiger partial charge in [-0.3, -0.25) is 4.99 Å². The number of nitrogens with one attached hydrogen (secondary N) is 1. The predicted octanol–water partition coefficient (Wildman–Crippen LogP) is 3.96. The molecule has 0 saturated heterocycles. The molecular formula is C11H10ClF3N2. The minimum Gasteiger partial charge on any atom is -0.342 e. The molecule has 0 unspecified atom stereocenters. The van der Waals surface area contributed by atoms with Gasteiger partial charge in [-0.05, 0) is 18.6 Å². The lowest BCUT2D eigenvalue weighted by atomic mass is 10.1. The van der Waals surface area contributed by atoms with Crippen molar-refractivity contribution < 1.29 is 13.2 Å². The smallest absolute Gasteiger partial charge is 0.342 e. The lowest BCUT2D eigenvalue weighted by Gasteiger charge is -2.15. The highest BCUT2D eigenvalue weighted by Crippen LogP contribution is 2.38. The van der Waals surface area contributed by atoms with Gasteiger partial charge in [0.1, 0.15) is 5.84 Å². The highest BCUT2D eigenvalue weighted by atomic mass is 35.5. The molecule has 1 aliphatic heterocycles. The molecule has 17 heavy (non-hydrogen) atoms. The Labute approximate surface area is 101 Å². The molecule has 2 nitrogen and oxygen atoms in total. The number of nitrogens with zero attached hydrogens (tertiary/aromatic N) is 1. The zero-order chi connectivity index (χ0) is 12.5. The Kier molecular flexibility index (Phi) is 3.28. The van der Waals surface area contributed by atoms with Crippen molar-refractivity contribution in [3.8, 4) is 0 Å². The fourth-order valence-electron chi connectivity index (χ4n) is 1.67. The van der Waals surface area contributed by atoms with Crippen molar-refractivity contribution in [1.82, 2.24) is 0 Å². The van der Waals surface area contributed by atoms with Crippen molar-refractivity contribution >= 4 is 23.1 Å². The van der Waals surface area contributed by atoms with E-state index in [9.17, 15) is 13.2 Å². The average molecular weight is 263 g/mol.